The highest BCUT2D eigenvalue weighted by Gasteiger charge is 2.34. The Morgan fingerprint density at radius 1 is 1.06 bits per heavy atom. The summed E-state index contributed by atoms with van der Waals surface area (Å²) in [6.07, 6.45) is 0.921. The van der Waals surface area contributed by atoms with Crippen LogP contribution in [0.4, 0.5) is 0 Å². The summed E-state index contributed by atoms with van der Waals surface area (Å²) in [5.74, 6) is 0. The lowest BCUT2D eigenvalue weighted by atomic mass is 10.1. The molecule has 1 heterocycles. The molecule has 4 atom stereocenters. The Morgan fingerprint density at radius 3 is 2.22 bits per heavy atom. The van der Waals surface area contributed by atoms with E-state index < -0.39 is 0 Å². The second-order valence-corrected chi connectivity index (χ2v) is 4.78. The predicted octanol–water partition coefficient (Wildman–Crippen LogP) is 3.13. The van der Waals surface area contributed by atoms with Gasteiger partial charge in [0.25, 0.3) is 0 Å². The molecule has 0 saturated carbocycles. The van der Waals surface area contributed by atoms with Crippen molar-refractivity contribution >= 4 is 0 Å². The van der Waals surface area contributed by atoms with Gasteiger partial charge in [-0.3, -0.25) is 0 Å². The maximum absolute atomic E-state index is 5.94. The van der Waals surface area contributed by atoms with Crippen molar-refractivity contribution in [2.75, 3.05) is 0 Å². The molecule has 3 nitrogen and oxygen atoms in total. The zero-order valence-electron chi connectivity index (χ0n) is 11.3. The Balaban J connectivity index is 1.89. The Kier molecular flexibility index (Phi) is 4.75. The first-order valence-corrected chi connectivity index (χ1v) is 6.67. The Bertz CT molecular complexity index is 340. The summed E-state index contributed by atoms with van der Waals surface area (Å²) in [6, 6.07) is 10.2. The van der Waals surface area contributed by atoms with Crippen molar-refractivity contribution in [1.82, 2.24) is 0 Å². The third-order valence-corrected chi connectivity index (χ3v) is 3.28. The van der Waals surface area contributed by atoms with Gasteiger partial charge in [0, 0.05) is 0 Å². The third kappa shape index (κ3) is 3.31. The smallest absolute Gasteiger partial charge is 0.158 e. The highest BCUT2D eigenvalue weighted by molar-refractivity contribution is 5.13. The largest absolute Gasteiger partial charge is 0.368 e. The molecule has 0 aromatic heterocycles. The average Bonchev–Trinajstić information content (AvgIpc) is 2.38. The van der Waals surface area contributed by atoms with Gasteiger partial charge in [-0.05, 0) is 25.8 Å². The second kappa shape index (κ2) is 6.32. The van der Waals surface area contributed by atoms with Crippen LogP contribution >= 0.6 is 0 Å². The monoisotopic (exact) mass is 250 g/mol. The first-order chi connectivity index (χ1) is 8.70. The molecule has 1 aliphatic heterocycles. The molecule has 1 aromatic rings. The molecular formula is C15H22O3. The normalized spacial score (nSPS) is 32.4. The van der Waals surface area contributed by atoms with Gasteiger partial charge in [-0.15, -0.1) is 0 Å². The molecule has 0 radical (unpaired) electrons. The maximum Gasteiger partial charge on any atom is 0.158 e. The highest BCUT2D eigenvalue weighted by atomic mass is 16.7. The molecular weight excluding hydrogens is 228 g/mol. The number of hydrogen-bond acceptors (Lipinski definition) is 3. The van der Waals surface area contributed by atoms with Crippen molar-refractivity contribution in [2.24, 2.45) is 0 Å². The Hall–Kier alpha value is -0.900. The molecule has 0 N–H and O–H groups in total. The fourth-order valence-corrected chi connectivity index (χ4v) is 2.28. The Labute approximate surface area is 109 Å². The van der Waals surface area contributed by atoms with E-state index in [1.54, 1.807) is 0 Å². The van der Waals surface area contributed by atoms with Crippen LogP contribution in [0.5, 0.6) is 0 Å². The second-order valence-electron chi connectivity index (χ2n) is 4.78. The van der Waals surface area contributed by atoms with E-state index in [4.69, 9.17) is 14.2 Å². The quantitative estimate of drug-likeness (QED) is 0.821. The first-order valence-electron chi connectivity index (χ1n) is 6.67. The average molecular weight is 250 g/mol. The summed E-state index contributed by atoms with van der Waals surface area (Å²) in [5.41, 5.74) is 1.18. The van der Waals surface area contributed by atoms with Crippen molar-refractivity contribution in [3.05, 3.63) is 35.9 Å². The zero-order chi connectivity index (χ0) is 13.0. The first kappa shape index (κ1) is 13.5. The number of hydrogen-bond donors (Lipinski definition) is 0. The van der Waals surface area contributed by atoms with Crippen molar-refractivity contribution in [1.29, 1.82) is 0 Å². The number of benzene rings is 1. The molecule has 18 heavy (non-hydrogen) atoms. The molecule has 1 aromatic carbocycles. The van der Waals surface area contributed by atoms with Crippen LogP contribution < -0.4 is 0 Å². The van der Waals surface area contributed by atoms with Crippen LogP contribution in [0.2, 0.25) is 0 Å². The van der Waals surface area contributed by atoms with Crippen molar-refractivity contribution in [3.63, 3.8) is 0 Å². The van der Waals surface area contributed by atoms with E-state index in [0.29, 0.717) is 6.61 Å². The molecule has 0 amide bonds. The fourth-order valence-electron chi connectivity index (χ4n) is 2.28. The maximum atomic E-state index is 5.94. The summed E-state index contributed by atoms with van der Waals surface area (Å²) in [7, 11) is 0. The van der Waals surface area contributed by atoms with E-state index in [2.05, 4.69) is 32.9 Å². The van der Waals surface area contributed by atoms with Gasteiger partial charge in [0.1, 0.15) is 6.10 Å². The van der Waals surface area contributed by atoms with E-state index in [1.165, 1.54) is 5.56 Å². The van der Waals surface area contributed by atoms with Crippen molar-refractivity contribution in [3.8, 4) is 0 Å². The molecule has 100 valence electrons. The minimum absolute atomic E-state index is 0.00648. The van der Waals surface area contributed by atoms with Gasteiger partial charge < -0.3 is 14.2 Å². The lowest BCUT2D eigenvalue weighted by Gasteiger charge is -2.38. The topological polar surface area (TPSA) is 27.7 Å². The number of ether oxygens (including phenoxy) is 3. The Morgan fingerprint density at radius 2 is 1.67 bits per heavy atom. The summed E-state index contributed by atoms with van der Waals surface area (Å²) in [4.78, 5) is 0. The van der Waals surface area contributed by atoms with Crippen LogP contribution in [0.3, 0.4) is 0 Å². The molecule has 0 bridgehead atoms. The molecule has 1 fully saturated rings. The van der Waals surface area contributed by atoms with Gasteiger partial charge in [0.05, 0.1) is 18.8 Å². The molecule has 1 saturated heterocycles. The van der Waals surface area contributed by atoms with Crippen LogP contribution in [0.25, 0.3) is 0 Å². The third-order valence-electron chi connectivity index (χ3n) is 3.28. The zero-order valence-corrected chi connectivity index (χ0v) is 11.3. The number of rotatable bonds is 4. The van der Waals surface area contributed by atoms with Gasteiger partial charge >= 0.3 is 0 Å². The van der Waals surface area contributed by atoms with Gasteiger partial charge in [0.2, 0.25) is 0 Å². The SMILES string of the molecule is CCC1O[C@@H](C)C(OCc2ccccc2)[C@@H](C)O1. The van der Waals surface area contributed by atoms with Gasteiger partial charge in [0.15, 0.2) is 6.29 Å². The highest BCUT2D eigenvalue weighted by Crippen LogP contribution is 2.23. The summed E-state index contributed by atoms with van der Waals surface area (Å²) >= 11 is 0. The van der Waals surface area contributed by atoms with E-state index in [9.17, 15) is 0 Å². The van der Waals surface area contributed by atoms with Crippen LogP contribution in [0.1, 0.15) is 32.8 Å². The lowest BCUT2D eigenvalue weighted by Crippen LogP contribution is -2.48. The molecule has 2 unspecified atom stereocenters. The standard InChI is InChI=1S/C15H22O3/c1-4-14-17-11(2)15(12(3)18-14)16-10-13-8-6-5-7-9-13/h5-9,11-12,14-15H,4,10H2,1-3H3/t11-,12+,14?,15?. The molecule has 0 spiro atoms. The molecule has 2 rings (SSSR count). The van der Waals surface area contributed by atoms with E-state index >= 15 is 0 Å². The van der Waals surface area contributed by atoms with E-state index in [0.717, 1.165) is 6.42 Å². The van der Waals surface area contributed by atoms with Crippen molar-refractivity contribution in [2.45, 2.75) is 58.4 Å². The van der Waals surface area contributed by atoms with Crippen LogP contribution in [-0.2, 0) is 20.8 Å². The van der Waals surface area contributed by atoms with Gasteiger partial charge in [-0.2, -0.15) is 0 Å². The summed E-state index contributed by atoms with van der Waals surface area (Å²) < 4.78 is 17.5. The van der Waals surface area contributed by atoms with Crippen molar-refractivity contribution < 1.29 is 14.2 Å². The van der Waals surface area contributed by atoms with Crippen LogP contribution in [0.15, 0.2) is 30.3 Å². The minimum Gasteiger partial charge on any atom is -0.368 e. The lowest BCUT2D eigenvalue weighted by molar-refractivity contribution is -0.286. The minimum atomic E-state index is -0.0911. The molecule has 0 aliphatic carbocycles. The molecule has 3 heteroatoms. The van der Waals surface area contributed by atoms with Gasteiger partial charge in [-0.25, -0.2) is 0 Å². The van der Waals surface area contributed by atoms with Gasteiger partial charge in [-0.1, -0.05) is 37.3 Å². The predicted molar refractivity (Wildman–Crippen MR) is 70.2 cm³/mol. The fraction of sp³-hybridized carbons (Fsp3) is 0.600. The molecule has 1 aliphatic rings. The summed E-state index contributed by atoms with van der Waals surface area (Å²) in [5, 5.41) is 0. The van der Waals surface area contributed by atoms with E-state index in [-0.39, 0.29) is 24.6 Å². The van der Waals surface area contributed by atoms with Crippen LogP contribution in [0, 0.1) is 0 Å². The van der Waals surface area contributed by atoms with Crippen LogP contribution in [-0.4, -0.2) is 24.6 Å². The summed E-state index contributed by atoms with van der Waals surface area (Å²) in [6.45, 7) is 6.77. The van der Waals surface area contributed by atoms with E-state index in [1.807, 2.05) is 18.2 Å².